The van der Waals surface area contributed by atoms with Crippen LogP contribution >= 0.6 is 0 Å². The summed E-state index contributed by atoms with van der Waals surface area (Å²) in [6.45, 7) is 7.51. The van der Waals surface area contributed by atoms with E-state index in [1.54, 1.807) is 13.8 Å². The standard InChI is InChI=1S/C19H22O3/c1-13-5-9-17(10-6-13)21-15(3)19(20)16(4)22-18-11-7-14(2)8-12-18/h5-12,15-16H,1-4H3/t15-,16-/m1/s1. The lowest BCUT2D eigenvalue weighted by Gasteiger charge is -2.19. The second-order valence-electron chi connectivity index (χ2n) is 5.55. The normalized spacial score (nSPS) is 13.3. The molecule has 2 rings (SSSR count). The topological polar surface area (TPSA) is 35.5 Å². The molecule has 0 unspecified atom stereocenters. The highest BCUT2D eigenvalue weighted by Crippen LogP contribution is 2.17. The van der Waals surface area contributed by atoms with Crippen LogP contribution in [0, 0.1) is 13.8 Å². The average molecular weight is 298 g/mol. The third kappa shape index (κ3) is 4.35. The quantitative estimate of drug-likeness (QED) is 0.805. The zero-order valence-electron chi connectivity index (χ0n) is 13.5. The Bertz CT molecular complexity index is 559. The van der Waals surface area contributed by atoms with E-state index in [1.807, 2.05) is 62.4 Å². The van der Waals surface area contributed by atoms with E-state index in [0.717, 1.165) is 11.1 Å². The number of aryl methyl sites for hydroxylation is 2. The van der Waals surface area contributed by atoms with E-state index in [-0.39, 0.29) is 5.78 Å². The predicted octanol–water partition coefficient (Wildman–Crippen LogP) is 4.11. The molecule has 2 atom stereocenters. The van der Waals surface area contributed by atoms with Gasteiger partial charge in [-0.2, -0.15) is 0 Å². The first-order chi connectivity index (χ1) is 10.5. The summed E-state index contributed by atoms with van der Waals surface area (Å²) in [5, 5.41) is 0. The van der Waals surface area contributed by atoms with Gasteiger partial charge in [0.2, 0.25) is 5.78 Å². The van der Waals surface area contributed by atoms with Crippen LogP contribution in [0.15, 0.2) is 48.5 Å². The van der Waals surface area contributed by atoms with Crippen LogP contribution in [0.1, 0.15) is 25.0 Å². The maximum atomic E-state index is 12.3. The third-order valence-electron chi connectivity index (χ3n) is 3.47. The summed E-state index contributed by atoms with van der Waals surface area (Å²) < 4.78 is 11.4. The van der Waals surface area contributed by atoms with Crippen LogP contribution in [-0.2, 0) is 4.79 Å². The summed E-state index contributed by atoms with van der Waals surface area (Å²) in [4.78, 5) is 12.3. The lowest BCUT2D eigenvalue weighted by Crippen LogP contribution is -2.35. The largest absolute Gasteiger partial charge is 0.483 e. The average Bonchev–Trinajstić information content (AvgIpc) is 2.51. The van der Waals surface area contributed by atoms with Gasteiger partial charge in [0.1, 0.15) is 11.5 Å². The maximum absolute atomic E-state index is 12.3. The first-order valence-electron chi connectivity index (χ1n) is 7.46. The molecule has 0 N–H and O–H groups in total. The first-order valence-corrected chi connectivity index (χ1v) is 7.46. The fourth-order valence-electron chi connectivity index (χ4n) is 2.09. The summed E-state index contributed by atoms with van der Waals surface area (Å²) in [5.41, 5.74) is 2.31. The Morgan fingerprint density at radius 2 is 1.05 bits per heavy atom. The monoisotopic (exact) mass is 298 g/mol. The van der Waals surface area contributed by atoms with Crippen LogP contribution in [0.25, 0.3) is 0 Å². The lowest BCUT2D eigenvalue weighted by atomic mass is 10.1. The van der Waals surface area contributed by atoms with Crippen molar-refractivity contribution in [1.29, 1.82) is 0 Å². The van der Waals surface area contributed by atoms with Crippen LogP contribution in [0.3, 0.4) is 0 Å². The van der Waals surface area contributed by atoms with E-state index in [4.69, 9.17) is 9.47 Å². The molecule has 3 heteroatoms. The number of Topliss-reactive ketones (excluding diaryl/α,β-unsaturated/α-hetero) is 1. The molecule has 0 fully saturated rings. The molecule has 0 aliphatic carbocycles. The molecule has 0 bridgehead atoms. The molecule has 22 heavy (non-hydrogen) atoms. The number of ether oxygens (including phenoxy) is 2. The van der Waals surface area contributed by atoms with E-state index < -0.39 is 12.2 Å². The number of ketones is 1. The van der Waals surface area contributed by atoms with Gasteiger partial charge in [-0.05, 0) is 52.0 Å². The third-order valence-corrected chi connectivity index (χ3v) is 3.47. The van der Waals surface area contributed by atoms with Gasteiger partial charge in [-0.15, -0.1) is 0 Å². The highest BCUT2D eigenvalue weighted by molar-refractivity contribution is 5.87. The minimum atomic E-state index is -0.553. The molecule has 3 nitrogen and oxygen atoms in total. The zero-order valence-corrected chi connectivity index (χ0v) is 13.5. The number of hydrogen-bond acceptors (Lipinski definition) is 3. The summed E-state index contributed by atoms with van der Waals surface area (Å²) >= 11 is 0. The highest BCUT2D eigenvalue weighted by atomic mass is 16.5. The first kappa shape index (κ1) is 16.1. The Labute approximate surface area is 131 Å². The minimum absolute atomic E-state index is 0.0823. The van der Waals surface area contributed by atoms with Crippen LogP contribution < -0.4 is 9.47 Å². The van der Waals surface area contributed by atoms with Crippen LogP contribution in [0.5, 0.6) is 11.5 Å². The van der Waals surface area contributed by atoms with Crippen molar-refractivity contribution in [2.45, 2.75) is 39.9 Å². The van der Waals surface area contributed by atoms with Crippen LogP contribution in [0.2, 0.25) is 0 Å². The number of benzene rings is 2. The molecule has 0 saturated heterocycles. The van der Waals surface area contributed by atoms with Crippen molar-refractivity contribution in [3.8, 4) is 11.5 Å². The molecule has 2 aromatic carbocycles. The molecule has 0 aliphatic rings. The summed E-state index contributed by atoms with van der Waals surface area (Å²) in [7, 11) is 0. The van der Waals surface area contributed by atoms with E-state index >= 15 is 0 Å². The van der Waals surface area contributed by atoms with Crippen molar-refractivity contribution < 1.29 is 14.3 Å². The number of carbonyl (C=O) groups is 1. The molecule has 0 aromatic heterocycles. The van der Waals surface area contributed by atoms with E-state index in [1.165, 1.54) is 0 Å². The number of hydrogen-bond donors (Lipinski definition) is 0. The van der Waals surface area contributed by atoms with Crippen LogP contribution in [0.4, 0.5) is 0 Å². The maximum Gasteiger partial charge on any atom is 0.212 e. The van der Waals surface area contributed by atoms with Crippen molar-refractivity contribution >= 4 is 5.78 Å². The summed E-state index contributed by atoms with van der Waals surface area (Å²) in [6.07, 6.45) is -1.11. The van der Waals surface area contributed by atoms with Gasteiger partial charge in [0.25, 0.3) is 0 Å². The van der Waals surface area contributed by atoms with Gasteiger partial charge in [-0.25, -0.2) is 0 Å². The van der Waals surface area contributed by atoms with Gasteiger partial charge in [-0.1, -0.05) is 35.4 Å². The van der Waals surface area contributed by atoms with Crippen molar-refractivity contribution in [2.75, 3.05) is 0 Å². The molecular weight excluding hydrogens is 276 g/mol. The van der Waals surface area contributed by atoms with Crippen molar-refractivity contribution in [3.63, 3.8) is 0 Å². The summed E-state index contributed by atoms with van der Waals surface area (Å²) in [5.74, 6) is 1.30. The highest BCUT2D eigenvalue weighted by Gasteiger charge is 2.23. The van der Waals surface area contributed by atoms with Crippen molar-refractivity contribution in [1.82, 2.24) is 0 Å². The second kappa shape index (κ2) is 7.12. The number of rotatable bonds is 6. The van der Waals surface area contributed by atoms with E-state index in [0.29, 0.717) is 11.5 Å². The van der Waals surface area contributed by atoms with Crippen LogP contribution in [-0.4, -0.2) is 18.0 Å². The fourth-order valence-corrected chi connectivity index (χ4v) is 2.09. The second-order valence-corrected chi connectivity index (χ2v) is 5.55. The Morgan fingerprint density at radius 3 is 1.36 bits per heavy atom. The zero-order chi connectivity index (χ0) is 16.1. The van der Waals surface area contributed by atoms with Gasteiger partial charge < -0.3 is 9.47 Å². The molecule has 0 radical (unpaired) electrons. The molecule has 0 spiro atoms. The molecule has 0 heterocycles. The fraction of sp³-hybridized carbons (Fsp3) is 0.316. The molecule has 0 saturated carbocycles. The molecule has 2 aromatic rings. The van der Waals surface area contributed by atoms with E-state index in [9.17, 15) is 4.79 Å². The summed E-state index contributed by atoms with van der Waals surface area (Å²) in [6, 6.07) is 15.3. The van der Waals surface area contributed by atoms with Gasteiger partial charge in [0.15, 0.2) is 12.2 Å². The predicted molar refractivity (Wildman–Crippen MR) is 87.5 cm³/mol. The minimum Gasteiger partial charge on any atom is -0.483 e. The van der Waals surface area contributed by atoms with Crippen molar-refractivity contribution in [3.05, 3.63) is 59.7 Å². The smallest absolute Gasteiger partial charge is 0.212 e. The Kier molecular flexibility index (Phi) is 5.21. The molecular formula is C19H22O3. The molecule has 116 valence electrons. The Morgan fingerprint density at radius 1 is 0.727 bits per heavy atom. The van der Waals surface area contributed by atoms with Gasteiger partial charge in [0, 0.05) is 0 Å². The van der Waals surface area contributed by atoms with Gasteiger partial charge in [-0.3, -0.25) is 4.79 Å². The van der Waals surface area contributed by atoms with E-state index in [2.05, 4.69) is 0 Å². The molecule has 0 amide bonds. The van der Waals surface area contributed by atoms with Gasteiger partial charge in [0.05, 0.1) is 0 Å². The Hall–Kier alpha value is -2.29. The Balaban J connectivity index is 1.94. The number of carbonyl (C=O) groups excluding carboxylic acids is 1. The van der Waals surface area contributed by atoms with Crippen molar-refractivity contribution in [2.24, 2.45) is 0 Å². The lowest BCUT2D eigenvalue weighted by molar-refractivity contribution is -0.131. The molecule has 0 aliphatic heterocycles. The van der Waals surface area contributed by atoms with Gasteiger partial charge >= 0.3 is 0 Å². The SMILES string of the molecule is Cc1ccc(O[C@H](C)C(=O)[C@@H](C)Oc2ccc(C)cc2)cc1.